The van der Waals surface area contributed by atoms with Crippen LogP contribution >= 0.6 is 0 Å². The van der Waals surface area contributed by atoms with Gasteiger partial charge in [0.2, 0.25) is 5.91 Å². The summed E-state index contributed by atoms with van der Waals surface area (Å²) in [6.07, 6.45) is 3.23. The average Bonchev–Trinajstić information content (AvgIpc) is 3.31. The van der Waals surface area contributed by atoms with E-state index in [1.807, 2.05) is 65.2 Å². The lowest BCUT2D eigenvalue weighted by molar-refractivity contribution is -0.119. The van der Waals surface area contributed by atoms with Gasteiger partial charge in [0.05, 0.1) is 24.5 Å². The predicted octanol–water partition coefficient (Wildman–Crippen LogP) is 3.11. The van der Waals surface area contributed by atoms with E-state index in [0.29, 0.717) is 13.1 Å². The molecular weight excluding hydrogens is 336 g/mol. The zero-order valence-electron chi connectivity index (χ0n) is 15.6. The molecule has 1 heterocycles. The molecule has 1 aromatic heterocycles. The number of hydrogen-bond donors (Lipinski definition) is 1. The second kappa shape index (κ2) is 7.66. The summed E-state index contributed by atoms with van der Waals surface area (Å²) in [7, 11) is 1.93. The summed E-state index contributed by atoms with van der Waals surface area (Å²) in [6.45, 7) is 0.801. The fraction of sp³-hybridized carbons (Fsp3) is 0.273. The summed E-state index contributed by atoms with van der Waals surface area (Å²) in [5.41, 5.74) is 5.68. The third-order valence-corrected chi connectivity index (χ3v) is 5.04. The molecule has 27 heavy (non-hydrogen) atoms. The van der Waals surface area contributed by atoms with Crippen molar-refractivity contribution in [2.45, 2.75) is 25.8 Å². The molecule has 0 radical (unpaired) electrons. The summed E-state index contributed by atoms with van der Waals surface area (Å²) in [4.78, 5) is 14.3. The normalized spacial score (nSPS) is 12.6. The van der Waals surface area contributed by atoms with Crippen LogP contribution in [0.3, 0.4) is 0 Å². The maximum Gasteiger partial charge on any atom is 0.239 e. The van der Waals surface area contributed by atoms with Crippen molar-refractivity contribution in [1.82, 2.24) is 15.1 Å². The first-order valence-corrected chi connectivity index (χ1v) is 9.40. The molecule has 1 aliphatic rings. The van der Waals surface area contributed by atoms with Gasteiger partial charge >= 0.3 is 0 Å². The van der Waals surface area contributed by atoms with Crippen LogP contribution in [0.25, 0.3) is 5.69 Å². The molecule has 5 nitrogen and oxygen atoms in total. The van der Waals surface area contributed by atoms with Crippen LogP contribution in [0.2, 0.25) is 0 Å². The second-order valence-electron chi connectivity index (χ2n) is 6.94. The number of para-hydroxylation sites is 2. The number of aromatic nitrogens is 2. The fourth-order valence-corrected chi connectivity index (χ4v) is 3.67. The molecule has 0 saturated heterocycles. The molecule has 1 amide bonds. The van der Waals surface area contributed by atoms with Crippen LogP contribution in [-0.4, -0.2) is 29.3 Å². The topological polar surface area (TPSA) is 50.2 Å². The molecule has 0 fully saturated rings. The predicted molar refractivity (Wildman–Crippen MR) is 107 cm³/mol. The molecule has 1 N–H and O–H groups in total. The molecule has 0 spiro atoms. The van der Waals surface area contributed by atoms with Gasteiger partial charge in [0.25, 0.3) is 0 Å². The lowest BCUT2D eigenvalue weighted by Crippen LogP contribution is -2.35. The molecule has 5 heteroatoms. The summed E-state index contributed by atoms with van der Waals surface area (Å²) >= 11 is 0. The number of fused-ring (bicyclic) bond motifs is 1. The van der Waals surface area contributed by atoms with Crippen molar-refractivity contribution >= 4 is 11.6 Å². The molecule has 1 aliphatic carbocycles. The molecular formula is C22H24N4O. The van der Waals surface area contributed by atoms with Gasteiger partial charge < -0.3 is 10.2 Å². The second-order valence-corrected chi connectivity index (χ2v) is 6.94. The smallest absolute Gasteiger partial charge is 0.239 e. The van der Waals surface area contributed by atoms with Gasteiger partial charge in [-0.05, 0) is 49.1 Å². The maximum absolute atomic E-state index is 12.4. The molecule has 3 aromatic rings. The van der Waals surface area contributed by atoms with E-state index in [0.717, 1.165) is 36.3 Å². The highest BCUT2D eigenvalue weighted by Crippen LogP contribution is 2.27. The summed E-state index contributed by atoms with van der Waals surface area (Å²) in [5.74, 6) is 0.00219. The van der Waals surface area contributed by atoms with Crippen LogP contribution in [0.4, 0.5) is 5.69 Å². The highest BCUT2D eigenvalue weighted by molar-refractivity contribution is 5.81. The molecule has 0 atom stereocenters. The quantitative estimate of drug-likeness (QED) is 0.735. The van der Waals surface area contributed by atoms with E-state index in [1.54, 1.807) is 0 Å². The van der Waals surface area contributed by atoms with Gasteiger partial charge in [-0.25, -0.2) is 4.68 Å². The number of nitrogens with one attached hydrogen (secondary N) is 1. The van der Waals surface area contributed by atoms with E-state index in [2.05, 4.69) is 17.4 Å². The van der Waals surface area contributed by atoms with Crippen molar-refractivity contribution in [3.05, 3.63) is 77.6 Å². The Bertz CT molecular complexity index is 918. The SMILES string of the molecule is CN(CC(=O)NCc1nn(-c2ccccc2)c2c1CCC2)c1ccccc1. The Morgan fingerprint density at radius 3 is 2.52 bits per heavy atom. The van der Waals surface area contributed by atoms with Crippen molar-refractivity contribution in [2.75, 3.05) is 18.5 Å². The van der Waals surface area contributed by atoms with Crippen LogP contribution in [0.1, 0.15) is 23.4 Å². The summed E-state index contributed by atoms with van der Waals surface area (Å²) in [6, 6.07) is 20.1. The number of anilines is 1. The molecule has 0 saturated carbocycles. The Balaban J connectivity index is 1.44. The molecule has 0 bridgehead atoms. The van der Waals surface area contributed by atoms with Gasteiger partial charge in [0, 0.05) is 18.4 Å². The van der Waals surface area contributed by atoms with E-state index < -0.39 is 0 Å². The third kappa shape index (κ3) is 3.72. The van der Waals surface area contributed by atoms with Crippen molar-refractivity contribution in [2.24, 2.45) is 0 Å². The summed E-state index contributed by atoms with van der Waals surface area (Å²) < 4.78 is 2.04. The van der Waals surface area contributed by atoms with E-state index >= 15 is 0 Å². The van der Waals surface area contributed by atoms with Gasteiger partial charge in [0.1, 0.15) is 0 Å². The number of amides is 1. The fourth-order valence-electron chi connectivity index (χ4n) is 3.67. The van der Waals surface area contributed by atoms with Crippen molar-refractivity contribution in [3.8, 4) is 5.69 Å². The standard InChI is InChI=1S/C22H24N4O/c1-25(17-9-4-2-5-10-17)16-22(27)23-15-20-19-13-8-14-21(19)26(24-20)18-11-6-3-7-12-18/h2-7,9-12H,8,13-16H2,1H3,(H,23,27). The van der Waals surface area contributed by atoms with E-state index in [1.165, 1.54) is 11.3 Å². The first kappa shape index (κ1) is 17.3. The first-order chi connectivity index (χ1) is 13.2. The molecule has 0 unspecified atom stereocenters. The van der Waals surface area contributed by atoms with Gasteiger partial charge in [-0.15, -0.1) is 0 Å². The molecule has 0 aliphatic heterocycles. The Kier molecular flexibility index (Phi) is 4.92. The highest BCUT2D eigenvalue weighted by atomic mass is 16.2. The molecule has 4 rings (SSSR count). The van der Waals surface area contributed by atoms with Gasteiger partial charge in [-0.1, -0.05) is 36.4 Å². The Hall–Kier alpha value is -3.08. The zero-order valence-corrected chi connectivity index (χ0v) is 15.6. The van der Waals surface area contributed by atoms with Crippen molar-refractivity contribution < 1.29 is 4.79 Å². The lowest BCUT2D eigenvalue weighted by Gasteiger charge is -2.18. The number of nitrogens with zero attached hydrogens (tertiary/aromatic N) is 3. The zero-order chi connectivity index (χ0) is 18.6. The minimum Gasteiger partial charge on any atom is -0.365 e. The molecule has 138 valence electrons. The number of rotatable bonds is 6. The van der Waals surface area contributed by atoms with E-state index in [-0.39, 0.29) is 5.91 Å². The van der Waals surface area contributed by atoms with Crippen molar-refractivity contribution in [1.29, 1.82) is 0 Å². The Morgan fingerprint density at radius 2 is 1.78 bits per heavy atom. The lowest BCUT2D eigenvalue weighted by atomic mass is 10.2. The minimum absolute atomic E-state index is 0.00219. The van der Waals surface area contributed by atoms with E-state index in [4.69, 9.17) is 5.10 Å². The largest absolute Gasteiger partial charge is 0.365 e. The van der Waals surface area contributed by atoms with Crippen LogP contribution in [0, 0.1) is 0 Å². The number of carbonyl (C=O) groups excluding carboxylic acids is 1. The Morgan fingerprint density at radius 1 is 1.07 bits per heavy atom. The number of benzene rings is 2. The number of hydrogen-bond acceptors (Lipinski definition) is 3. The van der Waals surface area contributed by atoms with Gasteiger partial charge in [0.15, 0.2) is 0 Å². The van der Waals surface area contributed by atoms with Crippen molar-refractivity contribution in [3.63, 3.8) is 0 Å². The summed E-state index contributed by atoms with van der Waals surface area (Å²) in [5, 5.41) is 7.84. The van der Waals surface area contributed by atoms with Crippen LogP contribution in [0.5, 0.6) is 0 Å². The van der Waals surface area contributed by atoms with E-state index in [9.17, 15) is 4.79 Å². The average molecular weight is 360 g/mol. The minimum atomic E-state index is 0.00219. The molecule has 2 aromatic carbocycles. The monoisotopic (exact) mass is 360 g/mol. The maximum atomic E-state index is 12.4. The third-order valence-electron chi connectivity index (χ3n) is 5.04. The highest BCUT2D eigenvalue weighted by Gasteiger charge is 2.23. The Labute approximate surface area is 159 Å². The van der Waals surface area contributed by atoms with Crippen LogP contribution in [-0.2, 0) is 24.2 Å². The van der Waals surface area contributed by atoms with Gasteiger partial charge in [-0.2, -0.15) is 5.10 Å². The number of carbonyl (C=O) groups is 1. The van der Waals surface area contributed by atoms with Crippen LogP contribution < -0.4 is 10.2 Å². The van der Waals surface area contributed by atoms with Gasteiger partial charge in [-0.3, -0.25) is 4.79 Å². The van der Waals surface area contributed by atoms with Crippen LogP contribution in [0.15, 0.2) is 60.7 Å². The number of likely N-dealkylation sites (N-methyl/N-ethyl adjacent to an activating group) is 1. The first-order valence-electron chi connectivity index (χ1n) is 9.40.